The Bertz CT molecular complexity index is 472. The van der Waals surface area contributed by atoms with Crippen molar-refractivity contribution in [2.24, 2.45) is 0 Å². The number of hydrogen-bond donors (Lipinski definition) is 2. The molecule has 0 unspecified atom stereocenters. The minimum atomic E-state index is -0.977. The zero-order valence-electron chi connectivity index (χ0n) is 12.7. The Hall–Kier alpha value is -2.09. The van der Waals surface area contributed by atoms with Crippen LogP contribution in [0.2, 0.25) is 0 Å². The number of carbonyl (C=O) groups is 2. The van der Waals surface area contributed by atoms with Crippen molar-refractivity contribution in [2.75, 3.05) is 39.0 Å². The average molecular weight is 297 g/mol. The van der Waals surface area contributed by atoms with E-state index >= 15 is 0 Å². The van der Waals surface area contributed by atoms with Crippen molar-refractivity contribution in [1.29, 1.82) is 0 Å². The number of nitrogens with one attached hydrogen (secondary N) is 1. The highest BCUT2D eigenvalue weighted by atomic mass is 16.4. The number of anilines is 1. The van der Waals surface area contributed by atoms with Crippen molar-refractivity contribution in [3.05, 3.63) is 12.4 Å². The molecule has 1 aromatic heterocycles. The third-order valence-electron chi connectivity index (χ3n) is 2.78. The fourth-order valence-electron chi connectivity index (χ4n) is 1.76. The maximum Gasteiger partial charge on any atom is 0.325 e. The van der Waals surface area contributed by atoms with Gasteiger partial charge in [-0.2, -0.15) is 5.10 Å². The van der Waals surface area contributed by atoms with Gasteiger partial charge >= 0.3 is 12.0 Å². The number of carbonyl (C=O) groups excluding carboxylic acids is 1. The lowest BCUT2D eigenvalue weighted by Crippen LogP contribution is -2.39. The van der Waals surface area contributed by atoms with E-state index in [9.17, 15) is 9.59 Å². The van der Waals surface area contributed by atoms with Crippen LogP contribution in [0.3, 0.4) is 0 Å². The van der Waals surface area contributed by atoms with Crippen LogP contribution in [0.4, 0.5) is 10.5 Å². The zero-order chi connectivity index (χ0) is 15.8. The van der Waals surface area contributed by atoms with Crippen molar-refractivity contribution in [3.63, 3.8) is 0 Å². The van der Waals surface area contributed by atoms with Gasteiger partial charge in [0.05, 0.1) is 11.9 Å². The molecule has 0 bridgehead atoms. The summed E-state index contributed by atoms with van der Waals surface area (Å²) in [5, 5.41) is 15.3. The van der Waals surface area contributed by atoms with Crippen molar-refractivity contribution in [1.82, 2.24) is 19.6 Å². The fourth-order valence-corrected chi connectivity index (χ4v) is 1.76. The van der Waals surface area contributed by atoms with E-state index in [1.54, 1.807) is 4.90 Å². The summed E-state index contributed by atoms with van der Waals surface area (Å²) in [6.07, 6.45) is 3.82. The van der Waals surface area contributed by atoms with Crippen molar-refractivity contribution >= 4 is 17.7 Å². The molecule has 1 aromatic rings. The predicted molar refractivity (Wildman–Crippen MR) is 79.3 cm³/mol. The van der Waals surface area contributed by atoms with Crippen LogP contribution in [0.25, 0.3) is 0 Å². The zero-order valence-corrected chi connectivity index (χ0v) is 12.7. The highest BCUT2D eigenvalue weighted by molar-refractivity contribution is 5.89. The molecule has 0 aliphatic heterocycles. The second-order valence-corrected chi connectivity index (χ2v) is 5.04. The van der Waals surface area contributed by atoms with E-state index in [1.165, 1.54) is 17.1 Å². The number of amides is 2. The second-order valence-electron chi connectivity index (χ2n) is 5.04. The maximum absolute atomic E-state index is 12.2. The third-order valence-corrected chi connectivity index (χ3v) is 2.78. The SMILES string of the molecule is CCCN(CCN(C)C)C(=O)Nc1cnn(CC(=O)O)c1. The summed E-state index contributed by atoms with van der Waals surface area (Å²) < 4.78 is 1.27. The Kier molecular flexibility index (Phi) is 6.67. The van der Waals surface area contributed by atoms with Gasteiger partial charge in [-0.1, -0.05) is 6.92 Å². The molecule has 0 fully saturated rings. The number of carboxylic acids is 1. The molecule has 118 valence electrons. The second kappa shape index (κ2) is 8.25. The van der Waals surface area contributed by atoms with Gasteiger partial charge in [0.1, 0.15) is 6.54 Å². The molecular formula is C13H23N5O3. The van der Waals surface area contributed by atoms with E-state index < -0.39 is 5.97 Å². The molecule has 0 saturated heterocycles. The van der Waals surface area contributed by atoms with E-state index in [2.05, 4.69) is 10.4 Å². The molecule has 0 spiro atoms. The van der Waals surface area contributed by atoms with Crippen molar-refractivity contribution < 1.29 is 14.7 Å². The van der Waals surface area contributed by atoms with Crippen molar-refractivity contribution in [3.8, 4) is 0 Å². The van der Waals surface area contributed by atoms with Gasteiger partial charge in [-0.05, 0) is 20.5 Å². The van der Waals surface area contributed by atoms with Crippen LogP contribution in [-0.2, 0) is 11.3 Å². The molecule has 0 aliphatic rings. The molecule has 0 aromatic carbocycles. The summed E-state index contributed by atoms with van der Waals surface area (Å²) in [4.78, 5) is 26.5. The first kappa shape index (κ1) is 17.0. The summed E-state index contributed by atoms with van der Waals surface area (Å²) in [5.41, 5.74) is 0.493. The van der Waals surface area contributed by atoms with E-state index in [0.29, 0.717) is 18.8 Å². The van der Waals surface area contributed by atoms with E-state index in [0.717, 1.165) is 13.0 Å². The van der Waals surface area contributed by atoms with Gasteiger partial charge in [0.2, 0.25) is 0 Å². The van der Waals surface area contributed by atoms with Crippen LogP contribution in [0.5, 0.6) is 0 Å². The van der Waals surface area contributed by atoms with Gasteiger partial charge in [0.15, 0.2) is 0 Å². The molecule has 0 saturated carbocycles. The van der Waals surface area contributed by atoms with E-state index in [1.807, 2.05) is 25.9 Å². The number of hydrogen-bond acceptors (Lipinski definition) is 4. The predicted octanol–water partition coefficient (Wildman–Crippen LogP) is 0.773. The van der Waals surface area contributed by atoms with Gasteiger partial charge < -0.3 is 20.2 Å². The largest absolute Gasteiger partial charge is 0.480 e. The molecule has 2 N–H and O–H groups in total. The summed E-state index contributed by atoms with van der Waals surface area (Å²) >= 11 is 0. The fraction of sp³-hybridized carbons (Fsp3) is 0.615. The molecule has 0 aliphatic carbocycles. The molecule has 0 atom stereocenters. The monoisotopic (exact) mass is 297 g/mol. The van der Waals surface area contributed by atoms with Gasteiger partial charge in [0.25, 0.3) is 0 Å². The molecule has 8 heteroatoms. The highest BCUT2D eigenvalue weighted by Crippen LogP contribution is 2.07. The van der Waals surface area contributed by atoms with Gasteiger partial charge in [0, 0.05) is 25.8 Å². The molecule has 2 amide bonds. The molecule has 21 heavy (non-hydrogen) atoms. The highest BCUT2D eigenvalue weighted by Gasteiger charge is 2.14. The minimum Gasteiger partial charge on any atom is -0.480 e. The Morgan fingerprint density at radius 2 is 2.05 bits per heavy atom. The molecule has 1 heterocycles. The van der Waals surface area contributed by atoms with E-state index in [4.69, 9.17) is 5.11 Å². The number of likely N-dealkylation sites (N-methyl/N-ethyl adjacent to an activating group) is 1. The number of carboxylic acid groups (broad SMARTS) is 1. The van der Waals surface area contributed by atoms with Crippen LogP contribution < -0.4 is 5.32 Å². The molecule has 1 rings (SSSR count). The first-order valence-corrected chi connectivity index (χ1v) is 6.87. The Labute approximate surface area is 124 Å². The Morgan fingerprint density at radius 3 is 2.62 bits per heavy atom. The average Bonchev–Trinajstić information content (AvgIpc) is 2.80. The van der Waals surface area contributed by atoms with Crippen LogP contribution in [0, 0.1) is 0 Å². The van der Waals surface area contributed by atoms with Crippen LogP contribution >= 0.6 is 0 Å². The number of nitrogens with zero attached hydrogens (tertiary/aromatic N) is 4. The smallest absolute Gasteiger partial charge is 0.325 e. The van der Waals surface area contributed by atoms with Crippen LogP contribution in [-0.4, -0.2) is 70.4 Å². The van der Waals surface area contributed by atoms with Gasteiger partial charge in [-0.3, -0.25) is 9.48 Å². The van der Waals surface area contributed by atoms with Crippen LogP contribution in [0.1, 0.15) is 13.3 Å². The maximum atomic E-state index is 12.2. The third kappa shape index (κ3) is 6.26. The summed E-state index contributed by atoms with van der Waals surface area (Å²) in [7, 11) is 3.91. The Morgan fingerprint density at radius 1 is 1.33 bits per heavy atom. The molecular weight excluding hydrogens is 274 g/mol. The van der Waals surface area contributed by atoms with Gasteiger partial charge in [-0.25, -0.2) is 4.79 Å². The first-order valence-electron chi connectivity index (χ1n) is 6.87. The lowest BCUT2D eigenvalue weighted by Gasteiger charge is -2.23. The van der Waals surface area contributed by atoms with Gasteiger partial charge in [-0.15, -0.1) is 0 Å². The van der Waals surface area contributed by atoms with Crippen LogP contribution in [0.15, 0.2) is 12.4 Å². The normalized spacial score (nSPS) is 10.7. The molecule has 8 nitrogen and oxygen atoms in total. The minimum absolute atomic E-state index is 0.200. The molecule has 0 radical (unpaired) electrons. The Balaban J connectivity index is 2.59. The summed E-state index contributed by atoms with van der Waals surface area (Å²) in [5.74, 6) is -0.977. The lowest BCUT2D eigenvalue weighted by atomic mass is 10.4. The number of rotatable bonds is 8. The topological polar surface area (TPSA) is 90.7 Å². The lowest BCUT2D eigenvalue weighted by molar-refractivity contribution is -0.137. The number of aromatic nitrogens is 2. The number of aliphatic carboxylic acids is 1. The van der Waals surface area contributed by atoms with Crippen molar-refractivity contribution in [2.45, 2.75) is 19.9 Å². The quantitative estimate of drug-likeness (QED) is 0.739. The summed E-state index contributed by atoms with van der Waals surface area (Å²) in [6, 6.07) is -0.200. The van der Waals surface area contributed by atoms with E-state index in [-0.39, 0.29) is 12.6 Å². The number of urea groups is 1. The first-order chi connectivity index (χ1) is 9.92. The standard InChI is InChI=1S/C13H23N5O3/c1-4-5-17(7-6-16(2)3)13(21)15-11-8-14-18(9-11)10-12(19)20/h8-9H,4-7,10H2,1-3H3,(H,15,21)(H,19,20). The summed E-state index contributed by atoms with van der Waals surface area (Å²) in [6.45, 7) is 3.88.